The molecule has 2 aliphatic carbocycles. The van der Waals surface area contributed by atoms with Gasteiger partial charge in [-0.25, -0.2) is 9.97 Å². The fourth-order valence-corrected chi connectivity index (χ4v) is 4.82. The Morgan fingerprint density at radius 1 is 1.11 bits per heavy atom. The van der Waals surface area contributed by atoms with Crippen molar-refractivity contribution in [2.75, 3.05) is 5.32 Å². The molecule has 1 saturated carbocycles. The normalized spacial score (nSPS) is 26.7. The molecule has 2 aromatic rings. The Hall–Kier alpha value is -3.32. The molecule has 2 aromatic heterocycles. The maximum Gasteiger partial charge on any atom is 0.237 e. The van der Waals surface area contributed by atoms with Gasteiger partial charge in [0.1, 0.15) is 12.1 Å². The average molecular weight is 358 g/mol. The smallest absolute Gasteiger partial charge is 0.237 e. The molecule has 7 heteroatoms. The van der Waals surface area contributed by atoms with E-state index >= 15 is 0 Å². The fourth-order valence-electron chi connectivity index (χ4n) is 4.82. The van der Waals surface area contributed by atoms with Crippen LogP contribution >= 0.6 is 0 Å². The largest absolute Gasteiger partial charge is 0.324 e. The molecule has 0 spiro atoms. The first kappa shape index (κ1) is 17.1. The Morgan fingerprint density at radius 3 is 2.37 bits per heavy atom. The van der Waals surface area contributed by atoms with Crippen LogP contribution in [0.1, 0.15) is 56.4 Å². The highest BCUT2D eigenvalue weighted by Gasteiger charge is 2.73. The lowest BCUT2D eigenvalue weighted by molar-refractivity contribution is -0.125. The lowest BCUT2D eigenvalue weighted by Crippen LogP contribution is -2.48. The molecule has 134 valence electrons. The third-order valence-electron chi connectivity index (χ3n) is 6.79. The van der Waals surface area contributed by atoms with Crippen LogP contribution in [0.15, 0.2) is 24.5 Å². The van der Waals surface area contributed by atoms with Gasteiger partial charge in [0.05, 0.1) is 28.7 Å². The molecule has 1 amide bonds. The number of fused-ring (bicyclic) bond motifs is 5. The summed E-state index contributed by atoms with van der Waals surface area (Å²) in [5, 5.41) is 21.7. The number of anilines is 1. The number of nitrogens with zero attached hydrogens (tertiary/aromatic N) is 5. The summed E-state index contributed by atoms with van der Waals surface area (Å²) in [7, 11) is 0. The van der Waals surface area contributed by atoms with Crippen LogP contribution in [0.2, 0.25) is 0 Å². The Bertz CT molecular complexity index is 1050. The molecular weight excluding hydrogens is 340 g/mol. The SMILES string of the molecule is CC12CCC(C(=O)Nc3cccnc3)(c3nc(C#N)c(C#N)nc31)C2(C)C. The van der Waals surface area contributed by atoms with Gasteiger partial charge in [-0.05, 0) is 30.4 Å². The molecule has 0 aliphatic heterocycles. The number of hydrogen-bond donors (Lipinski definition) is 1. The number of aromatic nitrogens is 3. The fraction of sp³-hybridized carbons (Fsp3) is 0.400. The molecular formula is C20H18N6O. The van der Waals surface area contributed by atoms with Gasteiger partial charge in [-0.3, -0.25) is 9.78 Å². The lowest BCUT2D eigenvalue weighted by Gasteiger charge is -2.39. The minimum absolute atomic E-state index is 0.0173. The molecule has 0 radical (unpaired) electrons. The second-order valence-electron chi connectivity index (χ2n) is 7.90. The van der Waals surface area contributed by atoms with Gasteiger partial charge in [-0.2, -0.15) is 10.5 Å². The maximum atomic E-state index is 13.5. The number of carbonyl (C=O) groups excluding carboxylic acids is 1. The second-order valence-corrected chi connectivity index (χ2v) is 7.90. The first-order chi connectivity index (χ1) is 12.8. The van der Waals surface area contributed by atoms with E-state index in [0.717, 1.165) is 6.42 Å². The molecule has 27 heavy (non-hydrogen) atoms. The van der Waals surface area contributed by atoms with Gasteiger partial charge in [-0.1, -0.05) is 20.8 Å². The summed E-state index contributed by atoms with van der Waals surface area (Å²) in [5.41, 5.74) is -0.0121. The van der Waals surface area contributed by atoms with Crippen molar-refractivity contribution in [3.63, 3.8) is 0 Å². The van der Waals surface area contributed by atoms with Crippen LogP contribution in [0.5, 0.6) is 0 Å². The highest BCUT2D eigenvalue weighted by molar-refractivity contribution is 6.01. The number of pyridine rings is 1. The van der Waals surface area contributed by atoms with Crippen LogP contribution in [0, 0.1) is 28.1 Å². The highest BCUT2D eigenvalue weighted by atomic mass is 16.2. The van der Waals surface area contributed by atoms with Crippen molar-refractivity contribution in [3.05, 3.63) is 47.3 Å². The molecule has 2 atom stereocenters. The van der Waals surface area contributed by atoms with Gasteiger partial charge >= 0.3 is 0 Å². The van der Waals surface area contributed by atoms with E-state index in [4.69, 9.17) is 0 Å². The summed E-state index contributed by atoms with van der Waals surface area (Å²) < 4.78 is 0. The zero-order chi connectivity index (χ0) is 19.4. The Kier molecular flexibility index (Phi) is 3.38. The number of nitrogens with one attached hydrogen (secondary N) is 1. The summed E-state index contributed by atoms with van der Waals surface area (Å²) >= 11 is 0. The van der Waals surface area contributed by atoms with Crippen LogP contribution < -0.4 is 5.32 Å². The highest BCUT2D eigenvalue weighted by Crippen LogP contribution is 2.70. The minimum atomic E-state index is -0.917. The van der Waals surface area contributed by atoms with E-state index in [1.165, 1.54) is 0 Å². The number of carbonyl (C=O) groups is 1. The zero-order valence-electron chi connectivity index (χ0n) is 15.4. The van der Waals surface area contributed by atoms with Gasteiger partial charge in [0, 0.05) is 11.6 Å². The Balaban J connectivity index is 1.93. The second kappa shape index (κ2) is 5.34. The quantitative estimate of drug-likeness (QED) is 0.882. The van der Waals surface area contributed by atoms with Crippen molar-refractivity contribution >= 4 is 11.6 Å². The number of rotatable bonds is 2. The molecule has 0 aromatic carbocycles. The topological polar surface area (TPSA) is 115 Å². The van der Waals surface area contributed by atoms with E-state index in [2.05, 4.69) is 27.2 Å². The summed E-state index contributed by atoms with van der Waals surface area (Å²) in [5.74, 6) is -0.175. The third-order valence-corrected chi connectivity index (χ3v) is 6.79. The number of nitriles is 2. The summed E-state index contributed by atoms with van der Waals surface area (Å²) in [6.45, 7) is 6.16. The Labute approximate surface area is 157 Å². The van der Waals surface area contributed by atoms with Crippen LogP contribution in [-0.4, -0.2) is 20.9 Å². The predicted octanol–water partition coefficient (Wildman–Crippen LogP) is 2.58. The molecule has 2 unspecified atom stereocenters. The lowest BCUT2D eigenvalue weighted by atomic mass is 9.63. The number of amides is 1. The van der Waals surface area contributed by atoms with Crippen LogP contribution in [0.25, 0.3) is 0 Å². The van der Waals surface area contributed by atoms with Crippen molar-refractivity contribution in [1.29, 1.82) is 10.5 Å². The van der Waals surface area contributed by atoms with Gasteiger partial charge in [-0.15, -0.1) is 0 Å². The van der Waals surface area contributed by atoms with E-state index < -0.39 is 16.2 Å². The van der Waals surface area contributed by atoms with Crippen molar-refractivity contribution in [3.8, 4) is 12.1 Å². The maximum absolute atomic E-state index is 13.5. The van der Waals surface area contributed by atoms with Gasteiger partial charge in [0.25, 0.3) is 0 Å². The van der Waals surface area contributed by atoms with Crippen molar-refractivity contribution in [2.24, 2.45) is 5.41 Å². The third kappa shape index (κ3) is 1.89. The molecule has 2 bridgehead atoms. The molecule has 0 saturated heterocycles. The monoisotopic (exact) mass is 358 g/mol. The van der Waals surface area contributed by atoms with Gasteiger partial charge in [0.15, 0.2) is 11.4 Å². The van der Waals surface area contributed by atoms with Crippen molar-refractivity contribution < 1.29 is 4.79 Å². The van der Waals surface area contributed by atoms with Crippen LogP contribution in [0.4, 0.5) is 5.69 Å². The molecule has 1 fully saturated rings. The van der Waals surface area contributed by atoms with Crippen molar-refractivity contribution in [2.45, 2.75) is 44.4 Å². The minimum Gasteiger partial charge on any atom is -0.324 e. The summed E-state index contributed by atoms with van der Waals surface area (Å²) in [6, 6.07) is 7.44. The first-order valence-electron chi connectivity index (χ1n) is 8.76. The molecule has 4 rings (SSSR count). The van der Waals surface area contributed by atoms with E-state index in [-0.39, 0.29) is 17.3 Å². The zero-order valence-corrected chi connectivity index (χ0v) is 15.4. The average Bonchev–Trinajstić information content (AvgIpc) is 2.97. The standard InChI is InChI=1S/C20H18N6O/c1-18(2)19(3)6-7-20(18,17(27)24-12-5-4-8-23-11-12)16-15(19)25-13(9-21)14(10-22)26-16/h4-5,8,11H,6-7H2,1-3H3,(H,24,27). The molecule has 2 aliphatic rings. The Morgan fingerprint density at radius 2 is 1.78 bits per heavy atom. The molecule has 1 N–H and O–H groups in total. The first-order valence-corrected chi connectivity index (χ1v) is 8.76. The van der Waals surface area contributed by atoms with Crippen LogP contribution in [0.3, 0.4) is 0 Å². The van der Waals surface area contributed by atoms with E-state index in [1.54, 1.807) is 24.5 Å². The summed E-state index contributed by atoms with van der Waals surface area (Å²) in [6.07, 6.45) is 4.61. The molecule has 2 heterocycles. The van der Waals surface area contributed by atoms with Crippen LogP contribution in [-0.2, 0) is 15.6 Å². The van der Waals surface area contributed by atoms with Crippen molar-refractivity contribution in [1.82, 2.24) is 15.0 Å². The predicted molar refractivity (Wildman–Crippen MR) is 96.4 cm³/mol. The molecule has 7 nitrogen and oxygen atoms in total. The van der Waals surface area contributed by atoms with E-state index in [0.29, 0.717) is 23.5 Å². The number of hydrogen-bond acceptors (Lipinski definition) is 6. The van der Waals surface area contributed by atoms with Gasteiger partial charge < -0.3 is 5.32 Å². The van der Waals surface area contributed by atoms with E-state index in [9.17, 15) is 15.3 Å². The van der Waals surface area contributed by atoms with E-state index in [1.807, 2.05) is 26.0 Å². The summed E-state index contributed by atoms with van der Waals surface area (Å²) in [4.78, 5) is 26.5. The van der Waals surface area contributed by atoms with Gasteiger partial charge in [0.2, 0.25) is 5.91 Å².